The quantitative estimate of drug-likeness (QED) is 0.688. The number of hydrogen-bond acceptors (Lipinski definition) is 5. The molecule has 0 aromatic heterocycles. The summed E-state index contributed by atoms with van der Waals surface area (Å²) in [6.45, 7) is 5.30. The summed E-state index contributed by atoms with van der Waals surface area (Å²) < 4.78 is 5.22. The van der Waals surface area contributed by atoms with E-state index < -0.39 is 11.5 Å². The van der Waals surface area contributed by atoms with Crippen LogP contribution in [0, 0.1) is 5.92 Å². The molecule has 2 fully saturated rings. The van der Waals surface area contributed by atoms with E-state index in [-0.39, 0.29) is 37.1 Å². The molecule has 2 aliphatic heterocycles. The topological polar surface area (TPSA) is 87.2 Å². The van der Waals surface area contributed by atoms with E-state index in [0.29, 0.717) is 36.7 Å². The summed E-state index contributed by atoms with van der Waals surface area (Å²) in [5.41, 5.74) is -0.556. The van der Waals surface area contributed by atoms with Crippen molar-refractivity contribution in [2.75, 3.05) is 26.7 Å². The Morgan fingerprint density at radius 2 is 1.97 bits per heavy atom. The van der Waals surface area contributed by atoms with Crippen LogP contribution in [0.15, 0.2) is 24.3 Å². The van der Waals surface area contributed by atoms with Gasteiger partial charge >= 0.3 is 0 Å². The normalized spacial score (nSPS) is 24.6. The maximum atomic E-state index is 13.5. The van der Waals surface area contributed by atoms with Gasteiger partial charge in [0.1, 0.15) is 5.75 Å². The molecule has 0 radical (unpaired) electrons. The summed E-state index contributed by atoms with van der Waals surface area (Å²) in [5.74, 6) is 0.273. The second kappa shape index (κ2) is 9.16. The third-order valence-corrected chi connectivity index (χ3v) is 6.18. The second-order valence-corrected chi connectivity index (χ2v) is 8.83. The Hall–Kier alpha value is -2.41. The fourth-order valence-corrected chi connectivity index (χ4v) is 4.34. The minimum absolute atomic E-state index is 0.0155. The number of likely N-dealkylation sites (tertiary alicyclic amines) is 2. The van der Waals surface area contributed by atoms with E-state index in [1.54, 1.807) is 36.3 Å². The Kier molecular flexibility index (Phi) is 6.81. The third-order valence-electron chi connectivity index (χ3n) is 6.18. The van der Waals surface area contributed by atoms with Crippen LogP contribution in [0.25, 0.3) is 0 Å². The third kappa shape index (κ3) is 4.51. The van der Waals surface area contributed by atoms with Crippen molar-refractivity contribution in [3.8, 4) is 5.75 Å². The van der Waals surface area contributed by atoms with Gasteiger partial charge in [-0.1, -0.05) is 26.0 Å². The van der Waals surface area contributed by atoms with Crippen molar-refractivity contribution >= 4 is 17.7 Å². The van der Waals surface area contributed by atoms with Gasteiger partial charge in [0.2, 0.25) is 17.7 Å². The molecule has 7 nitrogen and oxygen atoms in total. The summed E-state index contributed by atoms with van der Waals surface area (Å²) in [4.78, 5) is 42.5. The van der Waals surface area contributed by atoms with Crippen molar-refractivity contribution in [3.63, 3.8) is 0 Å². The van der Waals surface area contributed by atoms with Gasteiger partial charge in [-0.15, -0.1) is 0 Å². The first-order chi connectivity index (χ1) is 14.3. The average Bonchev–Trinajstić information content (AvgIpc) is 2.96. The number of methoxy groups -OCH3 is 1. The van der Waals surface area contributed by atoms with E-state index in [9.17, 15) is 19.5 Å². The highest BCUT2D eigenvalue weighted by atomic mass is 16.5. The number of benzene rings is 1. The standard InChI is InChI=1S/C23H32N2O5/c1-16(2)10-12-25-21(28)14-23(22(25)29,17-6-8-19(30-3)9-7-17)13-20(27)24-11-4-5-18(26)15-24/h6-9,16,18,26H,4-5,10-15H2,1-3H3. The van der Waals surface area contributed by atoms with Crippen LogP contribution in [0.3, 0.4) is 0 Å². The molecule has 0 spiro atoms. The van der Waals surface area contributed by atoms with Gasteiger partial charge in [0.25, 0.3) is 0 Å². The molecular weight excluding hydrogens is 384 g/mol. The van der Waals surface area contributed by atoms with Gasteiger partial charge in [-0.25, -0.2) is 0 Å². The zero-order valence-corrected chi connectivity index (χ0v) is 18.1. The van der Waals surface area contributed by atoms with Crippen molar-refractivity contribution < 1.29 is 24.2 Å². The van der Waals surface area contributed by atoms with Crippen molar-refractivity contribution in [3.05, 3.63) is 29.8 Å². The van der Waals surface area contributed by atoms with Crippen molar-refractivity contribution in [2.45, 2.75) is 57.5 Å². The number of aliphatic hydroxyl groups is 1. The second-order valence-electron chi connectivity index (χ2n) is 8.83. The Balaban J connectivity index is 1.91. The number of carbonyl (C=O) groups excluding carboxylic acids is 3. The first-order valence-electron chi connectivity index (χ1n) is 10.7. The predicted octanol–water partition coefficient (Wildman–Crippen LogP) is 2.11. The molecule has 2 atom stereocenters. The number of β-amino-alcohol motifs (C(OH)–C–C–N with tert-alkyl or cyclic N) is 1. The highest BCUT2D eigenvalue weighted by Gasteiger charge is 2.54. The van der Waals surface area contributed by atoms with Crippen molar-refractivity contribution in [2.24, 2.45) is 5.92 Å². The monoisotopic (exact) mass is 416 g/mol. The van der Waals surface area contributed by atoms with Crippen LogP contribution in [-0.2, 0) is 19.8 Å². The zero-order valence-electron chi connectivity index (χ0n) is 18.1. The highest BCUT2D eigenvalue weighted by Crippen LogP contribution is 2.41. The molecule has 1 aromatic rings. The maximum absolute atomic E-state index is 13.5. The molecule has 1 N–H and O–H groups in total. The summed E-state index contributed by atoms with van der Waals surface area (Å²) in [6.07, 6.45) is 1.50. The van der Waals surface area contributed by atoms with Crippen molar-refractivity contribution in [1.29, 1.82) is 0 Å². The van der Waals surface area contributed by atoms with Crippen LogP contribution >= 0.6 is 0 Å². The lowest BCUT2D eigenvalue weighted by Gasteiger charge is -2.34. The predicted molar refractivity (Wildman–Crippen MR) is 112 cm³/mol. The van der Waals surface area contributed by atoms with E-state index in [2.05, 4.69) is 0 Å². The van der Waals surface area contributed by atoms with Crippen LogP contribution in [-0.4, -0.2) is 65.5 Å². The van der Waals surface area contributed by atoms with E-state index in [1.165, 1.54) is 4.90 Å². The van der Waals surface area contributed by atoms with Crippen LogP contribution < -0.4 is 4.74 Å². The van der Waals surface area contributed by atoms with Gasteiger partial charge in [0.15, 0.2) is 0 Å². The molecular formula is C23H32N2O5. The summed E-state index contributed by atoms with van der Waals surface area (Å²) in [5, 5.41) is 9.95. The Bertz CT molecular complexity index is 791. The van der Waals surface area contributed by atoms with Crippen LogP contribution in [0.1, 0.15) is 51.5 Å². The molecule has 2 heterocycles. The maximum Gasteiger partial charge on any atom is 0.240 e. The number of carbonyl (C=O) groups is 3. The largest absolute Gasteiger partial charge is 0.497 e. The number of aliphatic hydroxyl groups excluding tert-OH is 1. The molecule has 0 saturated carbocycles. The van der Waals surface area contributed by atoms with Crippen molar-refractivity contribution in [1.82, 2.24) is 9.80 Å². The summed E-state index contributed by atoms with van der Waals surface area (Å²) >= 11 is 0. The smallest absolute Gasteiger partial charge is 0.240 e. The van der Waals surface area contributed by atoms with Gasteiger partial charge < -0.3 is 14.7 Å². The minimum Gasteiger partial charge on any atom is -0.497 e. The molecule has 2 unspecified atom stereocenters. The average molecular weight is 417 g/mol. The van der Waals surface area contributed by atoms with Gasteiger partial charge in [-0.05, 0) is 42.9 Å². The fourth-order valence-electron chi connectivity index (χ4n) is 4.34. The molecule has 0 aliphatic carbocycles. The molecule has 1 aromatic carbocycles. The number of piperidine rings is 1. The number of amides is 3. The first kappa shape index (κ1) is 22.3. The van der Waals surface area contributed by atoms with E-state index in [0.717, 1.165) is 12.8 Å². The van der Waals surface area contributed by atoms with Gasteiger partial charge in [0.05, 0.1) is 18.6 Å². The number of nitrogens with zero attached hydrogens (tertiary/aromatic N) is 2. The summed E-state index contributed by atoms with van der Waals surface area (Å²) in [7, 11) is 1.56. The molecule has 3 rings (SSSR count). The Morgan fingerprint density at radius 3 is 2.57 bits per heavy atom. The van der Waals surface area contributed by atoms with E-state index >= 15 is 0 Å². The minimum atomic E-state index is -1.21. The van der Waals surface area contributed by atoms with Gasteiger partial charge in [-0.2, -0.15) is 0 Å². The number of imide groups is 1. The van der Waals surface area contributed by atoms with Gasteiger partial charge in [0, 0.05) is 32.5 Å². The van der Waals surface area contributed by atoms with Crippen LogP contribution in [0.2, 0.25) is 0 Å². The van der Waals surface area contributed by atoms with Crippen LogP contribution in [0.5, 0.6) is 5.75 Å². The molecule has 2 aliphatic rings. The Labute approximate surface area is 178 Å². The Morgan fingerprint density at radius 1 is 1.27 bits per heavy atom. The van der Waals surface area contributed by atoms with E-state index in [4.69, 9.17) is 4.74 Å². The summed E-state index contributed by atoms with van der Waals surface area (Å²) in [6, 6.07) is 7.05. The number of hydrogen-bond donors (Lipinski definition) is 1. The molecule has 2 saturated heterocycles. The lowest BCUT2D eigenvalue weighted by molar-refractivity contribution is -0.143. The molecule has 164 valence electrons. The lowest BCUT2D eigenvalue weighted by Crippen LogP contribution is -2.47. The number of rotatable bonds is 7. The SMILES string of the molecule is COc1ccc(C2(CC(=O)N3CCCC(O)C3)CC(=O)N(CCC(C)C)C2=O)cc1. The zero-order chi connectivity index (χ0) is 21.9. The molecule has 7 heteroatoms. The highest BCUT2D eigenvalue weighted by molar-refractivity contribution is 6.10. The lowest BCUT2D eigenvalue weighted by atomic mass is 9.75. The molecule has 30 heavy (non-hydrogen) atoms. The molecule has 3 amide bonds. The molecule has 0 bridgehead atoms. The fraction of sp³-hybridized carbons (Fsp3) is 0.609. The number of ether oxygens (including phenoxy) is 1. The van der Waals surface area contributed by atoms with E-state index in [1.807, 2.05) is 13.8 Å². The first-order valence-corrected chi connectivity index (χ1v) is 10.7. The van der Waals surface area contributed by atoms with Gasteiger partial charge in [-0.3, -0.25) is 19.3 Å². The van der Waals surface area contributed by atoms with Crippen LogP contribution in [0.4, 0.5) is 0 Å².